The number of nitrogens with one attached hydrogen (secondary N) is 4. The van der Waals surface area contributed by atoms with Crippen molar-refractivity contribution in [3.05, 3.63) is 58.1 Å². The Hall–Kier alpha value is -2.98. The number of hydrazine groups is 1. The molecule has 0 aromatic heterocycles. The van der Waals surface area contributed by atoms with Crippen LogP contribution in [0.1, 0.15) is 36.2 Å². The summed E-state index contributed by atoms with van der Waals surface area (Å²) in [5, 5.41) is 5.11. The molecule has 0 radical (unpaired) electrons. The number of carbonyl (C=O) groups excluding carboxylic acids is 3. The molecule has 2 aromatic carbocycles. The first-order valence-electron chi connectivity index (χ1n) is 9.83. The van der Waals surface area contributed by atoms with Crippen LogP contribution in [0.5, 0.6) is 5.75 Å². The van der Waals surface area contributed by atoms with Crippen LogP contribution in [-0.2, 0) is 9.59 Å². The number of benzene rings is 2. The van der Waals surface area contributed by atoms with E-state index in [4.69, 9.17) is 17.0 Å². The van der Waals surface area contributed by atoms with Crippen molar-refractivity contribution >= 4 is 56.7 Å². The molecule has 4 N–H and O–H groups in total. The van der Waals surface area contributed by atoms with Gasteiger partial charge < -0.3 is 10.1 Å². The van der Waals surface area contributed by atoms with E-state index < -0.39 is 11.8 Å². The van der Waals surface area contributed by atoms with E-state index in [9.17, 15) is 14.4 Å². The van der Waals surface area contributed by atoms with Gasteiger partial charge in [0.1, 0.15) is 5.75 Å². The molecule has 0 aliphatic carbocycles. The predicted molar refractivity (Wildman–Crippen MR) is 130 cm³/mol. The zero-order valence-electron chi connectivity index (χ0n) is 18.0. The molecule has 0 saturated heterocycles. The van der Waals surface area contributed by atoms with E-state index in [-0.39, 0.29) is 23.5 Å². The highest BCUT2D eigenvalue weighted by atomic mass is 79.9. The van der Waals surface area contributed by atoms with Gasteiger partial charge in [0.15, 0.2) is 11.7 Å². The number of aryl methyl sites for hydroxylation is 1. The second-order valence-electron chi connectivity index (χ2n) is 7.38. The van der Waals surface area contributed by atoms with Gasteiger partial charge >= 0.3 is 0 Å². The fourth-order valence-corrected chi connectivity index (χ4v) is 2.93. The van der Waals surface area contributed by atoms with Crippen LogP contribution in [0.3, 0.4) is 0 Å². The predicted octanol–water partition coefficient (Wildman–Crippen LogP) is 3.46. The normalized spacial score (nSPS) is 10.3. The molecule has 0 unspecified atom stereocenters. The Morgan fingerprint density at radius 3 is 2.34 bits per heavy atom. The number of ether oxygens (including phenoxy) is 1. The quantitative estimate of drug-likeness (QED) is 0.329. The summed E-state index contributed by atoms with van der Waals surface area (Å²) in [6, 6.07) is 11.8. The minimum atomic E-state index is -0.473. The van der Waals surface area contributed by atoms with Crippen molar-refractivity contribution in [3.63, 3.8) is 0 Å². The topological polar surface area (TPSA) is 109 Å². The van der Waals surface area contributed by atoms with Crippen LogP contribution < -0.4 is 26.2 Å². The molecule has 2 aromatic rings. The standard InChI is InChI=1S/C22H25BrN4O4S/c1-13(2)10-19(28)24-16-6-4-15(5-7-16)21(30)26-27-22(32)25-20(29)12-31-17-8-9-18(23)14(3)11-17/h4-9,11,13H,10,12H2,1-3H3,(H,24,28)(H,26,30)(H2,25,27,29,32). The van der Waals surface area contributed by atoms with Gasteiger partial charge in [0.05, 0.1) is 0 Å². The third kappa shape index (κ3) is 8.64. The first kappa shape index (κ1) is 25.3. The highest BCUT2D eigenvalue weighted by Gasteiger charge is 2.10. The lowest BCUT2D eigenvalue weighted by Gasteiger charge is -2.12. The lowest BCUT2D eigenvalue weighted by molar-refractivity contribution is -0.121. The Balaban J connectivity index is 1.74. The Bertz CT molecular complexity index is 996. The number of anilines is 1. The lowest BCUT2D eigenvalue weighted by atomic mass is 10.1. The zero-order valence-corrected chi connectivity index (χ0v) is 20.4. The molecule has 3 amide bonds. The molecule has 10 heteroatoms. The number of amides is 3. The van der Waals surface area contributed by atoms with Crippen LogP contribution in [0.2, 0.25) is 0 Å². The van der Waals surface area contributed by atoms with Crippen LogP contribution in [0, 0.1) is 12.8 Å². The number of carbonyl (C=O) groups is 3. The molecule has 32 heavy (non-hydrogen) atoms. The van der Waals surface area contributed by atoms with Crippen molar-refractivity contribution < 1.29 is 19.1 Å². The van der Waals surface area contributed by atoms with Gasteiger partial charge in [0.2, 0.25) is 5.91 Å². The molecule has 0 spiro atoms. The molecule has 0 fully saturated rings. The summed E-state index contributed by atoms with van der Waals surface area (Å²) in [7, 11) is 0. The van der Waals surface area contributed by atoms with E-state index in [2.05, 4.69) is 37.4 Å². The van der Waals surface area contributed by atoms with Crippen molar-refractivity contribution in [1.82, 2.24) is 16.2 Å². The summed E-state index contributed by atoms with van der Waals surface area (Å²) in [6.45, 7) is 5.60. The summed E-state index contributed by atoms with van der Waals surface area (Å²) in [5.41, 5.74) is 6.79. The van der Waals surface area contributed by atoms with E-state index in [1.54, 1.807) is 36.4 Å². The minimum absolute atomic E-state index is 0.0727. The van der Waals surface area contributed by atoms with E-state index in [0.29, 0.717) is 23.4 Å². The van der Waals surface area contributed by atoms with Gasteiger partial charge in [0, 0.05) is 22.1 Å². The number of hydrogen-bond donors (Lipinski definition) is 4. The molecule has 0 aliphatic heterocycles. The Kier molecular flexibility index (Phi) is 9.61. The van der Waals surface area contributed by atoms with Crippen molar-refractivity contribution in [1.29, 1.82) is 0 Å². The SMILES string of the molecule is Cc1cc(OCC(=O)NC(=S)NNC(=O)c2ccc(NC(=O)CC(C)C)cc2)ccc1Br. The molecular weight excluding hydrogens is 496 g/mol. The van der Waals surface area contributed by atoms with E-state index in [1.807, 2.05) is 26.8 Å². The van der Waals surface area contributed by atoms with Crippen LogP contribution in [-0.4, -0.2) is 29.4 Å². The third-order valence-electron chi connectivity index (χ3n) is 4.07. The van der Waals surface area contributed by atoms with E-state index in [1.165, 1.54) is 0 Å². The van der Waals surface area contributed by atoms with Crippen LogP contribution >= 0.6 is 28.1 Å². The Morgan fingerprint density at radius 1 is 1.03 bits per heavy atom. The van der Waals surface area contributed by atoms with Gasteiger partial charge in [-0.25, -0.2) is 0 Å². The maximum atomic E-state index is 12.2. The molecule has 8 nitrogen and oxygen atoms in total. The van der Waals surface area contributed by atoms with Gasteiger partial charge in [-0.2, -0.15) is 0 Å². The smallest absolute Gasteiger partial charge is 0.269 e. The first-order valence-corrected chi connectivity index (χ1v) is 11.0. The molecule has 2 rings (SSSR count). The van der Waals surface area contributed by atoms with Crippen LogP contribution in [0.15, 0.2) is 46.9 Å². The highest BCUT2D eigenvalue weighted by molar-refractivity contribution is 9.10. The van der Waals surface area contributed by atoms with E-state index >= 15 is 0 Å². The van der Waals surface area contributed by atoms with Gasteiger partial charge in [-0.05, 0) is 73.1 Å². The second kappa shape index (κ2) is 12.2. The Labute approximate surface area is 200 Å². The molecule has 0 saturated carbocycles. The summed E-state index contributed by atoms with van der Waals surface area (Å²) in [6.07, 6.45) is 0.420. The van der Waals surface area contributed by atoms with Crippen molar-refractivity contribution in [2.45, 2.75) is 27.2 Å². The van der Waals surface area contributed by atoms with Crippen molar-refractivity contribution in [2.75, 3.05) is 11.9 Å². The molecule has 170 valence electrons. The Morgan fingerprint density at radius 2 is 1.72 bits per heavy atom. The zero-order chi connectivity index (χ0) is 23.7. The van der Waals surface area contributed by atoms with E-state index in [0.717, 1.165) is 10.0 Å². The molecule has 0 atom stereocenters. The monoisotopic (exact) mass is 520 g/mol. The van der Waals surface area contributed by atoms with Crippen molar-refractivity contribution in [2.24, 2.45) is 5.92 Å². The van der Waals surface area contributed by atoms with Gasteiger partial charge in [0.25, 0.3) is 11.8 Å². The average Bonchev–Trinajstić information content (AvgIpc) is 2.72. The largest absolute Gasteiger partial charge is 0.484 e. The summed E-state index contributed by atoms with van der Waals surface area (Å²) < 4.78 is 6.37. The molecule has 0 aliphatic rings. The summed E-state index contributed by atoms with van der Waals surface area (Å²) >= 11 is 8.40. The average molecular weight is 521 g/mol. The van der Waals surface area contributed by atoms with Gasteiger partial charge in [-0.1, -0.05) is 29.8 Å². The van der Waals surface area contributed by atoms with Gasteiger partial charge in [-0.3, -0.25) is 30.6 Å². The van der Waals surface area contributed by atoms with Gasteiger partial charge in [-0.15, -0.1) is 0 Å². The second-order valence-corrected chi connectivity index (χ2v) is 8.64. The fourth-order valence-electron chi connectivity index (χ4n) is 2.52. The third-order valence-corrected chi connectivity index (χ3v) is 5.16. The fraction of sp³-hybridized carbons (Fsp3) is 0.273. The van der Waals surface area contributed by atoms with Crippen LogP contribution in [0.25, 0.3) is 0 Å². The maximum absolute atomic E-state index is 12.2. The van der Waals surface area contributed by atoms with Crippen molar-refractivity contribution in [3.8, 4) is 5.75 Å². The highest BCUT2D eigenvalue weighted by Crippen LogP contribution is 2.21. The lowest BCUT2D eigenvalue weighted by Crippen LogP contribution is -2.49. The first-order chi connectivity index (χ1) is 15.1. The summed E-state index contributed by atoms with van der Waals surface area (Å²) in [5.74, 6) is -0.204. The molecule has 0 bridgehead atoms. The maximum Gasteiger partial charge on any atom is 0.269 e. The molecule has 0 heterocycles. The number of hydrogen-bond acceptors (Lipinski definition) is 5. The number of thiocarbonyl (C=S) groups is 1. The number of halogens is 1. The minimum Gasteiger partial charge on any atom is -0.484 e. The van der Waals surface area contributed by atoms with Crippen LogP contribution in [0.4, 0.5) is 5.69 Å². The number of rotatable bonds is 7. The summed E-state index contributed by atoms with van der Waals surface area (Å²) in [4.78, 5) is 36.0. The molecular formula is C22H25BrN4O4S.